The fourth-order valence-electron chi connectivity index (χ4n) is 2.88. The fraction of sp³-hybridized carbons (Fsp3) is 0.316. The summed E-state index contributed by atoms with van der Waals surface area (Å²) in [5, 5.41) is 0. The molecule has 23 heavy (non-hydrogen) atoms. The summed E-state index contributed by atoms with van der Waals surface area (Å²) >= 11 is 0. The number of esters is 1. The average molecular weight is 312 g/mol. The fourth-order valence-corrected chi connectivity index (χ4v) is 2.88. The predicted molar refractivity (Wildman–Crippen MR) is 87.7 cm³/mol. The van der Waals surface area contributed by atoms with Crippen molar-refractivity contribution in [3.05, 3.63) is 48.0 Å². The lowest BCUT2D eigenvalue weighted by Gasteiger charge is -2.29. The van der Waals surface area contributed by atoms with Crippen LogP contribution in [0.15, 0.2) is 42.5 Å². The molecule has 1 atom stereocenters. The van der Waals surface area contributed by atoms with E-state index in [0.29, 0.717) is 19.4 Å². The molecule has 0 N–H and O–H groups in total. The first kappa shape index (κ1) is 15.4. The second kappa shape index (κ2) is 6.73. The van der Waals surface area contributed by atoms with Crippen LogP contribution in [0, 0.1) is 0 Å². The molecule has 1 unspecified atom stereocenters. The summed E-state index contributed by atoms with van der Waals surface area (Å²) in [5.41, 5.74) is 3.24. The Morgan fingerprint density at radius 3 is 2.78 bits per heavy atom. The summed E-state index contributed by atoms with van der Waals surface area (Å²) in [5.74, 6) is 1.44. The van der Waals surface area contributed by atoms with Gasteiger partial charge >= 0.3 is 5.97 Å². The van der Waals surface area contributed by atoms with E-state index in [1.165, 1.54) is 0 Å². The Hall–Kier alpha value is -2.49. The molecule has 0 radical (unpaired) electrons. The number of ether oxygens (including phenoxy) is 3. The van der Waals surface area contributed by atoms with Crippen molar-refractivity contribution in [1.29, 1.82) is 0 Å². The number of carbonyl (C=O) groups is 1. The highest BCUT2D eigenvalue weighted by atomic mass is 16.5. The van der Waals surface area contributed by atoms with Crippen LogP contribution in [0.4, 0.5) is 0 Å². The zero-order valence-electron chi connectivity index (χ0n) is 13.4. The minimum Gasteiger partial charge on any atom is -0.497 e. The van der Waals surface area contributed by atoms with Gasteiger partial charge in [0.2, 0.25) is 0 Å². The van der Waals surface area contributed by atoms with Gasteiger partial charge in [0.05, 0.1) is 13.7 Å². The number of hydrogen-bond donors (Lipinski definition) is 0. The van der Waals surface area contributed by atoms with Crippen LogP contribution < -0.4 is 9.47 Å². The van der Waals surface area contributed by atoms with Crippen molar-refractivity contribution in [2.24, 2.45) is 0 Å². The van der Waals surface area contributed by atoms with E-state index >= 15 is 0 Å². The normalized spacial score (nSPS) is 15.1. The van der Waals surface area contributed by atoms with Gasteiger partial charge < -0.3 is 14.2 Å². The SMILES string of the molecule is CCOC(=O)CCC1Oc2ccccc2-c2ccc(OC)cc21. The van der Waals surface area contributed by atoms with E-state index in [0.717, 1.165) is 28.2 Å². The Bertz CT molecular complexity index is 708. The zero-order valence-corrected chi connectivity index (χ0v) is 13.4. The highest BCUT2D eigenvalue weighted by Gasteiger charge is 2.26. The van der Waals surface area contributed by atoms with E-state index in [4.69, 9.17) is 14.2 Å². The third kappa shape index (κ3) is 3.16. The van der Waals surface area contributed by atoms with Gasteiger partial charge in [-0.2, -0.15) is 0 Å². The largest absolute Gasteiger partial charge is 0.497 e. The van der Waals surface area contributed by atoms with Crippen LogP contribution >= 0.6 is 0 Å². The molecule has 0 aromatic heterocycles. The predicted octanol–water partition coefficient (Wildman–Crippen LogP) is 4.14. The van der Waals surface area contributed by atoms with Crippen molar-refractivity contribution in [3.8, 4) is 22.6 Å². The molecule has 1 aliphatic rings. The second-order valence-electron chi connectivity index (χ2n) is 5.40. The van der Waals surface area contributed by atoms with Gasteiger partial charge in [0.25, 0.3) is 0 Å². The lowest BCUT2D eigenvalue weighted by Crippen LogP contribution is -2.16. The Kier molecular flexibility index (Phi) is 4.51. The van der Waals surface area contributed by atoms with Gasteiger partial charge in [-0.1, -0.05) is 24.3 Å². The first-order valence-electron chi connectivity index (χ1n) is 7.82. The molecule has 0 amide bonds. The Morgan fingerprint density at radius 2 is 2.00 bits per heavy atom. The summed E-state index contributed by atoms with van der Waals surface area (Å²) in [6, 6.07) is 13.9. The van der Waals surface area contributed by atoms with Gasteiger partial charge in [-0.3, -0.25) is 4.79 Å². The van der Waals surface area contributed by atoms with Gasteiger partial charge in [-0.15, -0.1) is 0 Å². The molecule has 120 valence electrons. The van der Waals surface area contributed by atoms with Crippen LogP contribution in [0.2, 0.25) is 0 Å². The molecule has 4 heteroatoms. The van der Waals surface area contributed by atoms with E-state index in [9.17, 15) is 4.79 Å². The Labute approximate surface area is 136 Å². The lowest BCUT2D eigenvalue weighted by atomic mass is 9.91. The minimum atomic E-state index is -0.195. The van der Waals surface area contributed by atoms with E-state index in [-0.39, 0.29) is 12.1 Å². The minimum absolute atomic E-state index is 0.181. The monoisotopic (exact) mass is 312 g/mol. The summed E-state index contributed by atoms with van der Waals surface area (Å²) < 4.78 is 16.5. The van der Waals surface area contributed by atoms with E-state index in [2.05, 4.69) is 0 Å². The lowest BCUT2D eigenvalue weighted by molar-refractivity contribution is -0.143. The zero-order chi connectivity index (χ0) is 16.2. The molecule has 3 rings (SSSR count). The number of rotatable bonds is 5. The molecule has 0 spiro atoms. The first-order chi connectivity index (χ1) is 11.2. The third-order valence-electron chi connectivity index (χ3n) is 3.97. The van der Waals surface area contributed by atoms with Crippen LogP contribution in [-0.4, -0.2) is 19.7 Å². The van der Waals surface area contributed by atoms with Gasteiger partial charge in [0.15, 0.2) is 0 Å². The molecular weight excluding hydrogens is 292 g/mol. The summed E-state index contributed by atoms with van der Waals surface area (Å²) in [4.78, 5) is 11.7. The molecule has 2 aromatic carbocycles. The molecule has 1 aliphatic heterocycles. The summed E-state index contributed by atoms with van der Waals surface area (Å²) in [7, 11) is 1.65. The van der Waals surface area contributed by atoms with Crippen LogP contribution in [-0.2, 0) is 9.53 Å². The standard InChI is InChI=1S/C19H20O4/c1-3-22-19(20)11-10-18-16-12-13(21-2)8-9-14(16)15-6-4-5-7-17(15)23-18/h4-9,12,18H,3,10-11H2,1-2H3. The maximum Gasteiger partial charge on any atom is 0.305 e. The number of carbonyl (C=O) groups excluding carboxylic acids is 1. The van der Waals surface area contributed by atoms with Crippen molar-refractivity contribution in [3.63, 3.8) is 0 Å². The van der Waals surface area contributed by atoms with Gasteiger partial charge in [0.1, 0.15) is 17.6 Å². The molecular formula is C19H20O4. The topological polar surface area (TPSA) is 44.8 Å². The van der Waals surface area contributed by atoms with Crippen molar-refractivity contribution in [2.75, 3.05) is 13.7 Å². The molecule has 0 aliphatic carbocycles. The number of para-hydroxylation sites is 1. The van der Waals surface area contributed by atoms with Crippen molar-refractivity contribution < 1.29 is 19.0 Å². The van der Waals surface area contributed by atoms with Crippen molar-refractivity contribution >= 4 is 5.97 Å². The van der Waals surface area contributed by atoms with E-state index in [1.807, 2.05) is 49.4 Å². The number of fused-ring (bicyclic) bond motifs is 3. The van der Waals surface area contributed by atoms with Crippen LogP contribution in [0.1, 0.15) is 31.4 Å². The maximum atomic E-state index is 11.7. The molecule has 1 heterocycles. The molecule has 4 nitrogen and oxygen atoms in total. The molecule has 2 aromatic rings. The summed E-state index contributed by atoms with van der Waals surface area (Å²) in [6.07, 6.45) is 0.726. The van der Waals surface area contributed by atoms with Crippen LogP contribution in [0.5, 0.6) is 11.5 Å². The third-order valence-corrected chi connectivity index (χ3v) is 3.97. The molecule has 0 saturated carbocycles. The quantitative estimate of drug-likeness (QED) is 0.778. The number of benzene rings is 2. The smallest absolute Gasteiger partial charge is 0.305 e. The Morgan fingerprint density at radius 1 is 1.17 bits per heavy atom. The molecule has 0 fully saturated rings. The second-order valence-corrected chi connectivity index (χ2v) is 5.40. The number of methoxy groups -OCH3 is 1. The van der Waals surface area contributed by atoms with Gasteiger partial charge in [0, 0.05) is 17.5 Å². The van der Waals surface area contributed by atoms with Gasteiger partial charge in [-0.25, -0.2) is 0 Å². The van der Waals surface area contributed by atoms with Crippen molar-refractivity contribution in [1.82, 2.24) is 0 Å². The van der Waals surface area contributed by atoms with Crippen molar-refractivity contribution in [2.45, 2.75) is 25.9 Å². The first-order valence-corrected chi connectivity index (χ1v) is 7.82. The number of hydrogen-bond acceptors (Lipinski definition) is 4. The average Bonchev–Trinajstić information content (AvgIpc) is 2.59. The Balaban J connectivity index is 1.92. The molecule has 0 bridgehead atoms. The summed E-state index contributed by atoms with van der Waals surface area (Å²) in [6.45, 7) is 2.21. The maximum absolute atomic E-state index is 11.7. The van der Waals surface area contributed by atoms with Crippen LogP contribution in [0.25, 0.3) is 11.1 Å². The van der Waals surface area contributed by atoms with Gasteiger partial charge in [-0.05, 0) is 37.1 Å². The van der Waals surface area contributed by atoms with E-state index < -0.39 is 0 Å². The van der Waals surface area contributed by atoms with E-state index in [1.54, 1.807) is 7.11 Å². The highest BCUT2D eigenvalue weighted by Crippen LogP contribution is 2.44. The highest BCUT2D eigenvalue weighted by molar-refractivity contribution is 5.76. The molecule has 0 saturated heterocycles. The van der Waals surface area contributed by atoms with Crippen LogP contribution in [0.3, 0.4) is 0 Å².